The van der Waals surface area contributed by atoms with Crippen molar-refractivity contribution in [1.82, 2.24) is 9.88 Å². The van der Waals surface area contributed by atoms with Crippen LogP contribution in [-0.4, -0.2) is 41.6 Å². The Morgan fingerprint density at radius 1 is 1.29 bits per heavy atom. The van der Waals surface area contributed by atoms with Gasteiger partial charge in [0.05, 0.1) is 18.4 Å². The molecule has 0 aromatic carbocycles. The van der Waals surface area contributed by atoms with Crippen LogP contribution >= 0.6 is 0 Å². The van der Waals surface area contributed by atoms with Crippen molar-refractivity contribution in [2.75, 3.05) is 7.11 Å². The Morgan fingerprint density at radius 2 is 1.96 bits per heavy atom. The van der Waals surface area contributed by atoms with Crippen molar-refractivity contribution in [3.8, 4) is 0 Å². The first-order chi connectivity index (χ1) is 11.2. The predicted molar refractivity (Wildman–Crippen MR) is 76.7 cm³/mol. The van der Waals surface area contributed by atoms with Crippen molar-refractivity contribution < 1.29 is 32.3 Å². The molecule has 1 amide bonds. The number of carbonyl (C=O) groups excluding carboxylic acids is 3. The third-order valence-electron chi connectivity index (χ3n) is 3.94. The van der Waals surface area contributed by atoms with E-state index in [0.717, 1.165) is 19.8 Å². The zero-order chi connectivity index (χ0) is 18.1. The first-order valence-corrected chi connectivity index (χ1v) is 7.39. The molecule has 2 rings (SSSR count). The van der Waals surface area contributed by atoms with Gasteiger partial charge in [0.2, 0.25) is 0 Å². The number of rotatable bonds is 4. The van der Waals surface area contributed by atoms with E-state index >= 15 is 0 Å². The quantitative estimate of drug-likeness (QED) is 0.513. The van der Waals surface area contributed by atoms with E-state index in [4.69, 9.17) is 0 Å². The highest BCUT2D eigenvalue weighted by Crippen LogP contribution is 2.25. The van der Waals surface area contributed by atoms with Crippen LogP contribution in [-0.2, 0) is 22.5 Å². The van der Waals surface area contributed by atoms with Gasteiger partial charge in [0.25, 0.3) is 11.7 Å². The molecule has 132 valence electrons. The summed E-state index contributed by atoms with van der Waals surface area (Å²) in [5, 5.41) is 1.63. The molecule has 1 aromatic rings. The number of ether oxygens (including phenoxy) is 1. The van der Waals surface area contributed by atoms with Crippen LogP contribution in [0.4, 0.5) is 13.2 Å². The van der Waals surface area contributed by atoms with E-state index in [-0.39, 0.29) is 11.3 Å². The number of halogens is 3. The minimum atomic E-state index is -4.65. The number of Topliss-reactive ketones (excluding diaryl/α,β-unsaturated/α-hetero) is 1. The molecule has 0 fully saturated rings. The summed E-state index contributed by atoms with van der Waals surface area (Å²) in [5.74, 6) is -3.12. The Hall–Kier alpha value is -2.32. The highest BCUT2D eigenvalue weighted by atomic mass is 19.4. The van der Waals surface area contributed by atoms with Gasteiger partial charge in [0.1, 0.15) is 6.04 Å². The van der Waals surface area contributed by atoms with Crippen LogP contribution in [0.25, 0.3) is 0 Å². The highest BCUT2D eigenvalue weighted by Gasteiger charge is 2.38. The Bertz CT molecular complexity index is 679. The van der Waals surface area contributed by atoms with E-state index in [1.165, 1.54) is 17.7 Å². The van der Waals surface area contributed by atoms with Gasteiger partial charge in [-0.05, 0) is 32.3 Å². The Morgan fingerprint density at radius 3 is 2.54 bits per heavy atom. The molecule has 24 heavy (non-hydrogen) atoms. The molecule has 0 saturated heterocycles. The van der Waals surface area contributed by atoms with Gasteiger partial charge >= 0.3 is 12.1 Å². The summed E-state index contributed by atoms with van der Waals surface area (Å²) < 4.78 is 43.7. The van der Waals surface area contributed by atoms with E-state index in [0.29, 0.717) is 18.7 Å². The summed E-state index contributed by atoms with van der Waals surface area (Å²) in [4.78, 5) is 35.9. The number of methoxy groups -OCH3 is 1. The van der Waals surface area contributed by atoms with Crippen LogP contribution in [0.3, 0.4) is 0 Å². The summed E-state index contributed by atoms with van der Waals surface area (Å²) in [6, 6.07) is -0.933. The first kappa shape index (κ1) is 18.0. The average molecular weight is 346 g/mol. The summed E-state index contributed by atoms with van der Waals surface area (Å²) in [5.41, 5.74) is 0.627. The minimum absolute atomic E-state index is 0.100. The van der Waals surface area contributed by atoms with Gasteiger partial charge in [-0.1, -0.05) is 0 Å². The maximum Gasteiger partial charge on any atom is 0.408 e. The molecule has 0 unspecified atom stereocenters. The van der Waals surface area contributed by atoms with Gasteiger partial charge in [-0.15, -0.1) is 0 Å². The lowest BCUT2D eigenvalue weighted by atomic mass is 10.1. The number of fused-ring (bicyclic) bond motifs is 1. The minimum Gasteiger partial charge on any atom is -0.465 e. The smallest absolute Gasteiger partial charge is 0.408 e. The van der Waals surface area contributed by atoms with E-state index in [2.05, 4.69) is 4.74 Å². The molecule has 1 atom stereocenters. The largest absolute Gasteiger partial charge is 0.465 e. The zero-order valence-corrected chi connectivity index (χ0v) is 13.2. The summed E-state index contributed by atoms with van der Waals surface area (Å²) in [6.45, 7) is 1.16. The second-order valence-electron chi connectivity index (χ2n) is 5.56. The van der Waals surface area contributed by atoms with Crippen LogP contribution in [0, 0.1) is 0 Å². The topological polar surface area (TPSA) is 77.4 Å². The van der Waals surface area contributed by atoms with Crippen molar-refractivity contribution in [3.05, 3.63) is 23.0 Å². The van der Waals surface area contributed by atoms with Gasteiger partial charge in [0.15, 0.2) is 0 Å². The Balaban J connectivity index is 2.31. The van der Waals surface area contributed by atoms with Gasteiger partial charge < -0.3 is 14.6 Å². The maximum absolute atomic E-state index is 12.5. The standard InChI is InChI=1S/C15H17F3N2O4/c1-8(15(16,17)18)19-13(22)12(21)11-7-9(14(23)24-2)10-5-3-4-6-20(10)11/h7-8H,3-6H2,1-2H3,(H,19,22)/t8-/m0/s1. The van der Waals surface area contributed by atoms with Crippen LogP contribution in [0.15, 0.2) is 6.07 Å². The van der Waals surface area contributed by atoms with Crippen molar-refractivity contribution in [2.24, 2.45) is 0 Å². The highest BCUT2D eigenvalue weighted by molar-refractivity contribution is 6.42. The number of nitrogens with one attached hydrogen (secondary N) is 1. The number of esters is 1. The molecular weight excluding hydrogens is 329 g/mol. The second-order valence-corrected chi connectivity index (χ2v) is 5.56. The van der Waals surface area contributed by atoms with Crippen LogP contribution in [0.5, 0.6) is 0 Å². The third kappa shape index (κ3) is 3.44. The molecular formula is C15H17F3N2O4. The summed E-state index contributed by atoms with van der Waals surface area (Å²) in [7, 11) is 1.19. The number of amides is 1. The SMILES string of the molecule is COC(=O)c1cc(C(=O)C(=O)N[C@@H](C)C(F)(F)F)n2c1CCCC2. The Kier molecular flexibility index (Phi) is 5.00. The van der Waals surface area contributed by atoms with Crippen molar-refractivity contribution >= 4 is 17.7 Å². The number of nitrogens with zero attached hydrogens (tertiary/aromatic N) is 1. The van der Waals surface area contributed by atoms with Gasteiger partial charge in [-0.2, -0.15) is 13.2 Å². The van der Waals surface area contributed by atoms with Gasteiger partial charge in [0, 0.05) is 12.2 Å². The van der Waals surface area contributed by atoms with E-state index in [9.17, 15) is 27.6 Å². The fourth-order valence-corrected chi connectivity index (χ4v) is 2.61. The van der Waals surface area contributed by atoms with E-state index in [1.807, 2.05) is 0 Å². The molecule has 0 bridgehead atoms. The van der Waals surface area contributed by atoms with Crippen LogP contribution < -0.4 is 5.32 Å². The summed E-state index contributed by atoms with van der Waals surface area (Å²) in [6.07, 6.45) is -2.58. The normalized spacial score (nSPS) is 15.4. The van der Waals surface area contributed by atoms with Crippen LogP contribution in [0.2, 0.25) is 0 Å². The summed E-state index contributed by atoms with van der Waals surface area (Å²) >= 11 is 0. The third-order valence-corrected chi connectivity index (χ3v) is 3.94. The molecule has 1 N–H and O–H groups in total. The number of hydrogen-bond acceptors (Lipinski definition) is 4. The molecule has 0 aliphatic carbocycles. The van der Waals surface area contributed by atoms with Gasteiger partial charge in [-0.3, -0.25) is 9.59 Å². The zero-order valence-electron chi connectivity index (χ0n) is 13.2. The lowest BCUT2D eigenvalue weighted by Gasteiger charge is -2.19. The first-order valence-electron chi connectivity index (χ1n) is 7.39. The lowest BCUT2D eigenvalue weighted by molar-refractivity contribution is -0.156. The van der Waals surface area contributed by atoms with E-state index in [1.54, 1.807) is 5.32 Å². The van der Waals surface area contributed by atoms with Crippen molar-refractivity contribution in [2.45, 2.75) is 44.9 Å². The number of carbonyl (C=O) groups is 3. The number of aromatic nitrogens is 1. The monoisotopic (exact) mass is 346 g/mol. The number of alkyl halides is 3. The molecule has 6 nitrogen and oxygen atoms in total. The predicted octanol–water partition coefficient (Wildman–Crippen LogP) is 1.86. The molecule has 1 aliphatic rings. The maximum atomic E-state index is 12.5. The molecule has 0 spiro atoms. The molecule has 0 radical (unpaired) electrons. The fraction of sp³-hybridized carbons (Fsp3) is 0.533. The van der Waals surface area contributed by atoms with Crippen molar-refractivity contribution in [1.29, 1.82) is 0 Å². The Labute approximate surface area is 136 Å². The second kappa shape index (κ2) is 6.66. The fourth-order valence-electron chi connectivity index (χ4n) is 2.61. The van der Waals surface area contributed by atoms with E-state index < -0.39 is 29.9 Å². The van der Waals surface area contributed by atoms with Crippen LogP contribution in [0.1, 0.15) is 46.3 Å². The molecule has 0 saturated carbocycles. The van der Waals surface area contributed by atoms with Crippen molar-refractivity contribution in [3.63, 3.8) is 0 Å². The molecule has 9 heteroatoms. The van der Waals surface area contributed by atoms with Gasteiger partial charge in [-0.25, -0.2) is 4.79 Å². The average Bonchev–Trinajstić information content (AvgIpc) is 2.92. The molecule has 2 heterocycles. The molecule has 1 aromatic heterocycles. The lowest BCUT2D eigenvalue weighted by Crippen LogP contribution is -2.46. The number of hydrogen-bond donors (Lipinski definition) is 1. The molecule has 1 aliphatic heterocycles. The number of ketones is 1.